The number of ether oxygens (including phenoxy) is 1. The van der Waals surface area contributed by atoms with Crippen LogP contribution in [0, 0.1) is 0 Å². The van der Waals surface area contributed by atoms with Crippen molar-refractivity contribution in [2.24, 2.45) is 0 Å². The Labute approximate surface area is 151 Å². The van der Waals surface area contributed by atoms with Crippen molar-refractivity contribution in [3.05, 3.63) is 78.6 Å². The first-order valence-electron chi connectivity index (χ1n) is 8.35. The number of para-hydroxylation sites is 1. The molecular formula is C21H18N4O. The zero-order chi connectivity index (χ0) is 17.8. The maximum absolute atomic E-state index is 5.22. The van der Waals surface area contributed by atoms with Gasteiger partial charge in [0.1, 0.15) is 5.82 Å². The van der Waals surface area contributed by atoms with Gasteiger partial charge in [-0.25, -0.2) is 9.97 Å². The molecule has 5 nitrogen and oxygen atoms in total. The highest BCUT2D eigenvalue weighted by molar-refractivity contribution is 5.92. The van der Waals surface area contributed by atoms with E-state index >= 15 is 0 Å². The van der Waals surface area contributed by atoms with Gasteiger partial charge < -0.3 is 10.1 Å². The molecule has 2 heterocycles. The van der Waals surface area contributed by atoms with E-state index in [9.17, 15) is 0 Å². The van der Waals surface area contributed by atoms with Gasteiger partial charge in [0, 0.05) is 36.1 Å². The summed E-state index contributed by atoms with van der Waals surface area (Å²) in [6.45, 7) is 0.572. The number of nitrogens with one attached hydrogen (secondary N) is 1. The summed E-state index contributed by atoms with van der Waals surface area (Å²) in [6.07, 6.45) is 3.49. The Kier molecular flexibility index (Phi) is 4.53. The first-order chi connectivity index (χ1) is 12.8. The molecule has 0 aliphatic carbocycles. The molecule has 0 bridgehead atoms. The molecule has 5 heteroatoms. The number of hydrogen-bond donors (Lipinski definition) is 1. The van der Waals surface area contributed by atoms with E-state index in [2.05, 4.69) is 16.4 Å². The number of anilines is 2. The Hall–Kier alpha value is -3.31. The fraction of sp³-hybridized carbons (Fsp3) is 0.0952. The number of rotatable bonds is 5. The van der Waals surface area contributed by atoms with E-state index in [1.165, 1.54) is 0 Å². The van der Waals surface area contributed by atoms with Crippen molar-refractivity contribution in [1.82, 2.24) is 15.0 Å². The van der Waals surface area contributed by atoms with E-state index in [0.717, 1.165) is 33.5 Å². The summed E-state index contributed by atoms with van der Waals surface area (Å²) in [5.74, 6) is 1.44. The Morgan fingerprint density at radius 1 is 0.923 bits per heavy atom. The third-order valence-corrected chi connectivity index (χ3v) is 4.04. The molecule has 0 unspecified atom stereocenters. The number of pyridine rings is 1. The van der Waals surface area contributed by atoms with Gasteiger partial charge >= 0.3 is 0 Å². The lowest BCUT2D eigenvalue weighted by Gasteiger charge is -2.12. The van der Waals surface area contributed by atoms with E-state index in [1.54, 1.807) is 19.5 Å². The third-order valence-electron chi connectivity index (χ3n) is 4.04. The number of benzene rings is 2. The van der Waals surface area contributed by atoms with E-state index in [0.29, 0.717) is 12.4 Å². The van der Waals surface area contributed by atoms with Crippen molar-refractivity contribution >= 4 is 22.4 Å². The van der Waals surface area contributed by atoms with Crippen LogP contribution in [0.2, 0.25) is 0 Å². The topological polar surface area (TPSA) is 59.9 Å². The molecule has 128 valence electrons. The van der Waals surface area contributed by atoms with Gasteiger partial charge in [0.2, 0.25) is 0 Å². The Bertz CT molecular complexity index is 1030. The molecule has 0 radical (unpaired) electrons. The lowest BCUT2D eigenvalue weighted by Crippen LogP contribution is -2.00. The first kappa shape index (κ1) is 16.2. The lowest BCUT2D eigenvalue weighted by atomic mass is 10.2. The molecule has 1 N–H and O–H groups in total. The zero-order valence-corrected chi connectivity index (χ0v) is 14.4. The number of hydrogen-bond acceptors (Lipinski definition) is 5. The largest absolute Gasteiger partial charge is 0.380 e. The van der Waals surface area contributed by atoms with Crippen LogP contribution in [0.1, 0.15) is 5.56 Å². The van der Waals surface area contributed by atoms with Gasteiger partial charge in [0.05, 0.1) is 12.1 Å². The monoisotopic (exact) mass is 342 g/mol. The highest BCUT2D eigenvalue weighted by Gasteiger charge is 2.09. The Morgan fingerprint density at radius 2 is 1.77 bits per heavy atom. The molecule has 2 aromatic heterocycles. The first-order valence-corrected chi connectivity index (χ1v) is 8.35. The molecule has 0 amide bonds. The highest BCUT2D eigenvalue weighted by atomic mass is 16.5. The van der Waals surface area contributed by atoms with Crippen molar-refractivity contribution in [1.29, 1.82) is 0 Å². The number of fused-ring (bicyclic) bond motifs is 1. The molecule has 4 aromatic rings. The smallest absolute Gasteiger partial charge is 0.162 e. The van der Waals surface area contributed by atoms with Crippen LogP contribution in [0.3, 0.4) is 0 Å². The van der Waals surface area contributed by atoms with Crippen LogP contribution in [0.25, 0.3) is 22.3 Å². The molecule has 2 aromatic carbocycles. The van der Waals surface area contributed by atoms with Crippen molar-refractivity contribution in [3.8, 4) is 11.4 Å². The van der Waals surface area contributed by atoms with Gasteiger partial charge in [0.15, 0.2) is 5.82 Å². The highest BCUT2D eigenvalue weighted by Crippen LogP contribution is 2.27. The van der Waals surface area contributed by atoms with E-state index < -0.39 is 0 Å². The molecule has 0 saturated heterocycles. The molecule has 0 aliphatic heterocycles. The fourth-order valence-corrected chi connectivity index (χ4v) is 2.84. The van der Waals surface area contributed by atoms with E-state index in [4.69, 9.17) is 14.7 Å². The van der Waals surface area contributed by atoms with Gasteiger partial charge in [-0.05, 0) is 42.0 Å². The SMILES string of the molecule is COCc1cccc(Nc2nc(-c3ccncc3)nc3ccccc23)c1. The second-order valence-corrected chi connectivity index (χ2v) is 5.91. The minimum atomic E-state index is 0.572. The summed E-state index contributed by atoms with van der Waals surface area (Å²) in [5, 5.41) is 4.41. The van der Waals surface area contributed by atoms with Crippen LogP contribution >= 0.6 is 0 Å². The van der Waals surface area contributed by atoms with Crippen LogP contribution in [0.15, 0.2) is 73.1 Å². The molecule has 0 atom stereocenters. The molecular weight excluding hydrogens is 324 g/mol. The number of aromatic nitrogens is 3. The van der Waals surface area contributed by atoms with Crippen LogP contribution in [0.5, 0.6) is 0 Å². The van der Waals surface area contributed by atoms with Crippen molar-refractivity contribution in [2.45, 2.75) is 6.61 Å². The summed E-state index contributed by atoms with van der Waals surface area (Å²) in [5.41, 5.74) is 3.89. The van der Waals surface area contributed by atoms with Crippen molar-refractivity contribution in [2.75, 3.05) is 12.4 Å². The lowest BCUT2D eigenvalue weighted by molar-refractivity contribution is 0.185. The summed E-state index contributed by atoms with van der Waals surface area (Å²) in [7, 11) is 1.69. The average Bonchev–Trinajstić information content (AvgIpc) is 2.69. The summed E-state index contributed by atoms with van der Waals surface area (Å²) < 4.78 is 5.22. The summed E-state index contributed by atoms with van der Waals surface area (Å²) in [6, 6.07) is 19.9. The van der Waals surface area contributed by atoms with Gasteiger partial charge in [-0.1, -0.05) is 24.3 Å². The standard InChI is InChI=1S/C21H18N4O/c1-26-14-15-5-4-6-17(13-15)23-21-18-7-2-3-8-19(18)24-20(25-21)16-9-11-22-12-10-16/h2-13H,14H2,1H3,(H,23,24,25). The van der Waals surface area contributed by atoms with E-state index in [1.807, 2.05) is 54.6 Å². The Morgan fingerprint density at radius 3 is 2.62 bits per heavy atom. The zero-order valence-electron chi connectivity index (χ0n) is 14.4. The summed E-state index contributed by atoms with van der Waals surface area (Å²) >= 11 is 0. The quantitative estimate of drug-likeness (QED) is 0.575. The average molecular weight is 342 g/mol. The molecule has 4 rings (SSSR count). The predicted octanol–water partition coefficient (Wildman–Crippen LogP) is 4.58. The molecule has 26 heavy (non-hydrogen) atoms. The van der Waals surface area contributed by atoms with Crippen LogP contribution < -0.4 is 5.32 Å². The Balaban J connectivity index is 1.79. The van der Waals surface area contributed by atoms with Gasteiger partial charge in [0.25, 0.3) is 0 Å². The van der Waals surface area contributed by atoms with Gasteiger partial charge in [-0.2, -0.15) is 0 Å². The maximum Gasteiger partial charge on any atom is 0.162 e. The molecule has 0 fully saturated rings. The predicted molar refractivity (Wildman–Crippen MR) is 103 cm³/mol. The minimum absolute atomic E-state index is 0.572. The second kappa shape index (κ2) is 7.29. The number of nitrogens with zero attached hydrogens (tertiary/aromatic N) is 3. The van der Waals surface area contributed by atoms with E-state index in [-0.39, 0.29) is 0 Å². The van der Waals surface area contributed by atoms with Crippen LogP contribution in [-0.4, -0.2) is 22.1 Å². The maximum atomic E-state index is 5.22. The van der Waals surface area contributed by atoms with Crippen molar-refractivity contribution in [3.63, 3.8) is 0 Å². The molecule has 0 aliphatic rings. The number of methoxy groups -OCH3 is 1. The second-order valence-electron chi connectivity index (χ2n) is 5.91. The third kappa shape index (κ3) is 3.38. The molecule has 0 saturated carbocycles. The van der Waals surface area contributed by atoms with Crippen molar-refractivity contribution < 1.29 is 4.74 Å². The van der Waals surface area contributed by atoms with Crippen LogP contribution in [-0.2, 0) is 11.3 Å². The van der Waals surface area contributed by atoms with Gasteiger partial charge in [-0.3, -0.25) is 4.98 Å². The molecule has 0 spiro atoms. The summed E-state index contributed by atoms with van der Waals surface area (Å²) in [4.78, 5) is 13.5. The normalized spacial score (nSPS) is 10.8. The van der Waals surface area contributed by atoms with Gasteiger partial charge in [-0.15, -0.1) is 0 Å². The minimum Gasteiger partial charge on any atom is -0.380 e. The van der Waals surface area contributed by atoms with Crippen LogP contribution in [0.4, 0.5) is 11.5 Å². The fourth-order valence-electron chi connectivity index (χ4n) is 2.84.